The number of rotatable bonds is 6. The number of aliphatic hydroxyl groups excluding tert-OH is 1. The molecule has 7 nitrogen and oxygen atoms in total. The molecule has 2 aromatic rings. The standard InChI is InChI=1S/C22H24F5N3O4/c1-10-16(12-4-5-13(23)17(24)18(12)33-3)19(34-21(10,2)22(25,26)27)20(32)30-11-6-7-29-15(8-11)14(28)9-31/h4-8,10,14,16,19,31H,9,28H2,1-3H3,(H,29,30,32)/t10-,14-,16-,19+,21+/m1/s1. The second-order valence-corrected chi connectivity index (χ2v) is 8.19. The number of nitrogens with one attached hydrogen (secondary N) is 1. The first-order valence-electron chi connectivity index (χ1n) is 10.2. The van der Waals surface area contributed by atoms with Crippen LogP contribution in [-0.2, 0) is 9.53 Å². The number of hydrogen-bond acceptors (Lipinski definition) is 6. The van der Waals surface area contributed by atoms with Gasteiger partial charge in [0.25, 0.3) is 5.91 Å². The third-order valence-electron chi connectivity index (χ3n) is 6.20. The van der Waals surface area contributed by atoms with Gasteiger partial charge < -0.3 is 25.6 Å². The number of pyridine rings is 1. The topological polar surface area (TPSA) is 107 Å². The van der Waals surface area contributed by atoms with Gasteiger partial charge in [0.1, 0.15) is 6.10 Å². The maximum Gasteiger partial charge on any atom is 0.417 e. The molecule has 186 valence electrons. The monoisotopic (exact) mass is 489 g/mol. The lowest BCUT2D eigenvalue weighted by Crippen LogP contribution is -2.47. The molecule has 1 aromatic heterocycles. The van der Waals surface area contributed by atoms with Crippen LogP contribution in [0.5, 0.6) is 5.75 Å². The van der Waals surface area contributed by atoms with Gasteiger partial charge in [-0.3, -0.25) is 9.78 Å². The van der Waals surface area contributed by atoms with Crippen molar-refractivity contribution < 1.29 is 41.3 Å². The molecule has 1 aromatic carbocycles. The highest BCUT2D eigenvalue weighted by molar-refractivity contribution is 5.95. The second-order valence-electron chi connectivity index (χ2n) is 8.19. The fourth-order valence-electron chi connectivity index (χ4n) is 4.08. The van der Waals surface area contributed by atoms with Crippen LogP contribution < -0.4 is 15.8 Å². The minimum absolute atomic E-state index is 0.139. The molecule has 1 saturated heterocycles. The minimum Gasteiger partial charge on any atom is -0.493 e. The van der Waals surface area contributed by atoms with E-state index in [1.54, 1.807) is 0 Å². The number of amides is 1. The summed E-state index contributed by atoms with van der Waals surface area (Å²) in [7, 11) is 1.04. The summed E-state index contributed by atoms with van der Waals surface area (Å²) in [4.78, 5) is 17.1. The maximum atomic E-state index is 14.4. The molecule has 3 rings (SSSR count). The van der Waals surface area contributed by atoms with E-state index in [4.69, 9.17) is 15.2 Å². The van der Waals surface area contributed by atoms with Crippen LogP contribution in [-0.4, -0.2) is 47.6 Å². The molecular formula is C22H24F5N3O4. The second kappa shape index (κ2) is 9.43. The lowest BCUT2D eigenvalue weighted by atomic mass is 9.77. The zero-order valence-electron chi connectivity index (χ0n) is 18.5. The number of methoxy groups -OCH3 is 1. The molecule has 12 heteroatoms. The Labute approximate surface area is 192 Å². The number of ether oxygens (including phenoxy) is 2. The number of nitrogens with zero attached hydrogens (tertiary/aromatic N) is 1. The average molecular weight is 489 g/mol. The van der Waals surface area contributed by atoms with E-state index in [2.05, 4.69) is 10.3 Å². The third-order valence-corrected chi connectivity index (χ3v) is 6.20. The van der Waals surface area contributed by atoms with Crippen molar-refractivity contribution in [3.63, 3.8) is 0 Å². The van der Waals surface area contributed by atoms with Crippen molar-refractivity contribution in [2.45, 2.75) is 43.7 Å². The number of benzene rings is 1. The number of aliphatic hydroxyl groups is 1. The quantitative estimate of drug-likeness (QED) is 0.537. The summed E-state index contributed by atoms with van der Waals surface area (Å²) in [5.41, 5.74) is 3.20. The number of aromatic nitrogens is 1. The average Bonchev–Trinajstić information content (AvgIpc) is 3.07. The first-order chi connectivity index (χ1) is 15.9. The van der Waals surface area contributed by atoms with Gasteiger partial charge in [-0.1, -0.05) is 13.0 Å². The van der Waals surface area contributed by atoms with Gasteiger partial charge in [0, 0.05) is 29.3 Å². The lowest BCUT2D eigenvalue weighted by molar-refractivity contribution is -0.272. The summed E-state index contributed by atoms with van der Waals surface area (Å²) in [6.45, 7) is 1.60. The molecule has 0 unspecified atom stereocenters. The highest BCUT2D eigenvalue weighted by Crippen LogP contribution is 2.55. The van der Waals surface area contributed by atoms with Crippen molar-refractivity contribution in [1.29, 1.82) is 0 Å². The highest BCUT2D eigenvalue weighted by atomic mass is 19.4. The summed E-state index contributed by atoms with van der Waals surface area (Å²) in [5, 5.41) is 11.7. The molecule has 0 saturated carbocycles. The number of halogens is 5. The van der Waals surface area contributed by atoms with Crippen LogP contribution in [0.2, 0.25) is 0 Å². The third kappa shape index (κ3) is 4.44. The van der Waals surface area contributed by atoms with E-state index in [1.165, 1.54) is 25.3 Å². The van der Waals surface area contributed by atoms with Crippen molar-refractivity contribution in [2.75, 3.05) is 19.0 Å². The largest absolute Gasteiger partial charge is 0.493 e. The zero-order valence-corrected chi connectivity index (χ0v) is 18.5. The van der Waals surface area contributed by atoms with Gasteiger partial charge in [-0.05, 0) is 25.1 Å². The van der Waals surface area contributed by atoms with Crippen LogP contribution in [0.4, 0.5) is 27.6 Å². The van der Waals surface area contributed by atoms with E-state index in [9.17, 15) is 31.9 Å². The lowest BCUT2D eigenvalue weighted by Gasteiger charge is -2.32. The molecule has 5 atom stereocenters. The predicted octanol–water partition coefficient (Wildman–Crippen LogP) is 3.44. The fraction of sp³-hybridized carbons (Fsp3) is 0.455. The van der Waals surface area contributed by atoms with Crippen molar-refractivity contribution >= 4 is 11.6 Å². The van der Waals surface area contributed by atoms with Crippen molar-refractivity contribution in [3.8, 4) is 5.75 Å². The Bertz CT molecular complexity index is 1070. The summed E-state index contributed by atoms with van der Waals surface area (Å²) < 4.78 is 80.4. The predicted molar refractivity (Wildman–Crippen MR) is 111 cm³/mol. The Hall–Kier alpha value is -2.83. The molecule has 1 aliphatic rings. The van der Waals surface area contributed by atoms with Crippen LogP contribution in [0.25, 0.3) is 0 Å². The fourth-order valence-corrected chi connectivity index (χ4v) is 4.08. The normalized spacial score (nSPS) is 25.8. The van der Waals surface area contributed by atoms with Crippen molar-refractivity contribution in [1.82, 2.24) is 4.98 Å². The Kier molecular flexibility index (Phi) is 7.15. The molecule has 4 N–H and O–H groups in total. The smallest absolute Gasteiger partial charge is 0.417 e. The Morgan fingerprint density at radius 3 is 2.62 bits per heavy atom. The molecule has 34 heavy (non-hydrogen) atoms. The van der Waals surface area contributed by atoms with Gasteiger partial charge in [0.15, 0.2) is 17.2 Å². The molecule has 0 aliphatic carbocycles. The van der Waals surface area contributed by atoms with Crippen LogP contribution in [0, 0.1) is 17.6 Å². The molecule has 0 bridgehead atoms. The zero-order chi connectivity index (χ0) is 25.4. The van der Waals surface area contributed by atoms with Gasteiger partial charge in [-0.25, -0.2) is 4.39 Å². The molecular weight excluding hydrogens is 465 g/mol. The van der Waals surface area contributed by atoms with Crippen LogP contribution in [0.1, 0.15) is 37.1 Å². The molecule has 0 radical (unpaired) electrons. The molecule has 1 fully saturated rings. The van der Waals surface area contributed by atoms with Gasteiger partial charge in [-0.2, -0.15) is 17.6 Å². The Morgan fingerprint density at radius 2 is 2.03 bits per heavy atom. The molecule has 1 aliphatic heterocycles. The number of anilines is 1. The number of nitrogens with two attached hydrogens (primary N) is 1. The summed E-state index contributed by atoms with van der Waals surface area (Å²) in [5.74, 6) is -6.91. The number of alkyl halides is 3. The number of carbonyl (C=O) groups is 1. The molecule has 1 amide bonds. The van der Waals surface area contributed by atoms with E-state index in [0.29, 0.717) is 0 Å². The SMILES string of the molecule is COc1c([C@@H]2[C@@H](C(=O)Nc3ccnc([C@H](N)CO)c3)O[C@](C)(C(F)(F)F)[C@@H]2C)ccc(F)c1F. The summed E-state index contributed by atoms with van der Waals surface area (Å²) in [6, 6.07) is 3.72. The van der Waals surface area contributed by atoms with E-state index in [1.807, 2.05) is 0 Å². The Morgan fingerprint density at radius 1 is 1.35 bits per heavy atom. The highest BCUT2D eigenvalue weighted by Gasteiger charge is 2.65. The summed E-state index contributed by atoms with van der Waals surface area (Å²) in [6.07, 6.45) is -5.30. The van der Waals surface area contributed by atoms with Gasteiger partial charge in [0.2, 0.25) is 5.82 Å². The van der Waals surface area contributed by atoms with Gasteiger partial charge in [-0.15, -0.1) is 0 Å². The molecule has 0 spiro atoms. The van der Waals surface area contributed by atoms with E-state index in [-0.39, 0.29) is 16.9 Å². The maximum absolute atomic E-state index is 14.4. The summed E-state index contributed by atoms with van der Waals surface area (Å²) >= 11 is 0. The van der Waals surface area contributed by atoms with Crippen LogP contribution >= 0.6 is 0 Å². The van der Waals surface area contributed by atoms with E-state index < -0.39 is 65.7 Å². The van der Waals surface area contributed by atoms with Gasteiger partial charge in [0.05, 0.1) is 25.5 Å². The van der Waals surface area contributed by atoms with Crippen LogP contribution in [0.3, 0.4) is 0 Å². The number of carbonyl (C=O) groups excluding carboxylic acids is 1. The number of hydrogen-bond donors (Lipinski definition) is 3. The van der Waals surface area contributed by atoms with Crippen molar-refractivity contribution in [3.05, 3.63) is 53.4 Å². The van der Waals surface area contributed by atoms with Crippen LogP contribution in [0.15, 0.2) is 30.5 Å². The first-order valence-corrected chi connectivity index (χ1v) is 10.2. The first kappa shape index (κ1) is 25.8. The minimum atomic E-state index is -4.87. The Balaban J connectivity index is 2.05. The van der Waals surface area contributed by atoms with E-state index in [0.717, 1.165) is 26.2 Å². The molecule has 2 heterocycles. The van der Waals surface area contributed by atoms with Crippen molar-refractivity contribution in [2.24, 2.45) is 11.7 Å². The van der Waals surface area contributed by atoms with E-state index >= 15 is 0 Å². The van der Waals surface area contributed by atoms with Gasteiger partial charge >= 0.3 is 6.18 Å².